The molecule has 0 saturated carbocycles. The number of ether oxygens (including phenoxy) is 1. The number of hydrogen-bond donors (Lipinski definition) is 0. The third-order valence-electron chi connectivity index (χ3n) is 4.28. The van der Waals surface area contributed by atoms with Crippen molar-refractivity contribution < 1.29 is 18.4 Å². The molecule has 146 valence electrons. The number of hydrogen-bond acceptors (Lipinski definition) is 6. The number of anilines is 1. The SMILES string of the molecule is Cn1c(-c2ccc(N3CCN(C(=O)OC(C)(C)C)CC3)c(F)c2)noc1=O. The molecular weight excluding hydrogens is 355 g/mol. The second kappa shape index (κ2) is 7.05. The van der Waals surface area contributed by atoms with Crippen molar-refractivity contribution in [1.29, 1.82) is 0 Å². The van der Waals surface area contributed by atoms with Gasteiger partial charge in [0.2, 0.25) is 0 Å². The Morgan fingerprint density at radius 2 is 1.89 bits per heavy atom. The van der Waals surface area contributed by atoms with Gasteiger partial charge in [0.1, 0.15) is 11.4 Å². The van der Waals surface area contributed by atoms with Gasteiger partial charge in [0, 0.05) is 38.8 Å². The number of nitrogens with zero attached hydrogens (tertiary/aromatic N) is 4. The normalized spacial score (nSPS) is 15.1. The summed E-state index contributed by atoms with van der Waals surface area (Å²) >= 11 is 0. The molecule has 0 N–H and O–H groups in total. The van der Waals surface area contributed by atoms with Crippen LogP contribution in [-0.4, -0.2) is 52.5 Å². The molecule has 1 aromatic carbocycles. The summed E-state index contributed by atoms with van der Waals surface area (Å²) < 4.78 is 25.8. The molecule has 3 rings (SSSR count). The van der Waals surface area contributed by atoms with Crippen molar-refractivity contribution in [2.24, 2.45) is 7.05 Å². The lowest BCUT2D eigenvalue weighted by atomic mass is 10.1. The first kappa shape index (κ1) is 18.9. The van der Waals surface area contributed by atoms with Crippen molar-refractivity contribution in [3.05, 3.63) is 34.6 Å². The summed E-state index contributed by atoms with van der Waals surface area (Å²) in [4.78, 5) is 27.0. The van der Waals surface area contributed by atoms with Gasteiger partial charge in [0.15, 0.2) is 5.82 Å². The van der Waals surface area contributed by atoms with Crippen molar-refractivity contribution in [2.45, 2.75) is 26.4 Å². The van der Waals surface area contributed by atoms with Crippen LogP contribution in [0.4, 0.5) is 14.9 Å². The molecule has 0 radical (unpaired) electrons. The van der Waals surface area contributed by atoms with Crippen molar-refractivity contribution in [3.8, 4) is 11.4 Å². The second-order valence-corrected chi connectivity index (χ2v) is 7.45. The molecule has 1 saturated heterocycles. The van der Waals surface area contributed by atoms with Gasteiger partial charge in [-0.2, -0.15) is 0 Å². The van der Waals surface area contributed by atoms with Gasteiger partial charge in [-0.25, -0.2) is 14.0 Å². The lowest BCUT2D eigenvalue weighted by Gasteiger charge is -2.36. The van der Waals surface area contributed by atoms with Gasteiger partial charge in [0.05, 0.1) is 5.69 Å². The highest BCUT2D eigenvalue weighted by Gasteiger charge is 2.27. The first-order valence-corrected chi connectivity index (χ1v) is 8.71. The Hall–Kier alpha value is -2.84. The lowest BCUT2D eigenvalue weighted by Crippen LogP contribution is -2.50. The molecule has 1 fully saturated rings. The van der Waals surface area contributed by atoms with Crippen LogP contribution in [0.15, 0.2) is 27.5 Å². The molecule has 8 nitrogen and oxygen atoms in total. The fourth-order valence-electron chi connectivity index (χ4n) is 2.90. The third-order valence-corrected chi connectivity index (χ3v) is 4.28. The van der Waals surface area contributed by atoms with Gasteiger partial charge in [-0.15, -0.1) is 0 Å². The molecule has 1 amide bonds. The van der Waals surface area contributed by atoms with E-state index < -0.39 is 17.2 Å². The molecule has 0 atom stereocenters. The van der Waals surface area contributed by atoms with E-state index in [0.29, 0.717) is 37.4 Å². The van der Waals surface area contributed by atoms with Crippen LogP contribution in [0, 0.1) is 5.82 Å². The van der Waals surface area contributed by atoms with Crippen LogP contribution in [0.3, 0.4) is 0 Å². The molecule has 1 aliphatic heterocycles. The third kappa shape index (κ3) is 4.12. The molecule has 27 heavy (non-hydrogen) atoms. The number of benzene rings is 1. The van der Waals surface area contributed by atoms with Crippen molar-refractivity contribution in [3.63, 3.8) is 0 Å². The highest BCUT2D eigenvalue weighted by molar-refractivity contribution is 5.69. The Balaban J connectivity index is 1.69. The van der Waals surface area contributed by atoms with E-state index in [9.17, 15) is 14.0 Å². The predicted molar refractivity (Wildman–Crippen MR) is 97.2 cm³/mol. The van der Waals surface area contributed by atoms with Crippen LogP contribution in [0.5, 0.6) is 0 Å². The molecule has 2 aromatic rings. The van der Waals surface area contributed by atoms with E-state index in [2.05, 4.69) is 9.68 Å². The van der Waals surface area contributed by atoms with Gasteiger partial charge in [-0.1, -0.05) is 5.16 Å². The molecule has 0 aliphatic carbocycles. The number of piperazine rings is 1. The highest BCUT2D eigenvalue weighted by Crippen LogP contribution is 2.26. The van der Waals surface area contributed by atoms with E-state index in [1.54, 1.807) is 17.0 Å². The first-order valence-electron chi connectivity index (χ1n) is 8.71. The number of aromatic nitrogens is 2. The standard InChI is InChI=1S/C18H23FN4O4/c1-18(2,3)26-17(25)23-9-7-22(8-10-23)14-6-5-12(11-13(14)19)15-20-27-16(24)21(15)4/h5-6,11H,7-10H2,1-4H3. The predicted octanol–water partition coefficient (Wildman–Crippen LogP) is 2.24. The van der Waals surface area contributed by atoms with Crippen LogP contribution >= 0.6 is 0 Å². The quantitative estimate of drug-likeness (QED) is 0.797. The lowest BCUT2D eigenvalue weighted by molar-refractivity contribution is 0.0240. The van der Waals surface area contributed by atoms with Crippen LogP contribution in [0.2, 0.25) is 0 Å². The number of rotatable bonds is 2. The molecule has 0 unspecified atom stereocenters. The molecule has 0 spiro atoms. The zero-order valence-electron chi connectivity index (χ0n) is 15.9. The van der Waals surface area contributed by atoms with Crippen LogP contribution in [0.25, 0.3) is 11.4 Å². The Kier molecular flexibility index (Phi) is 4.95. The fourth-order valence-corrected chi connectivity index (χ4v) is 2.90. The van der Waals surface area contributed by atoms with Gasteiger partial charge < -0.3 is 14.5 Å². The van der Waals surface area contributed by atoms with E-state index >= 15 is 0 Å². The number of carbonyl (C=O) groups excluding carboxylic acids is 1. The molecular formula is C18H23FN4O4. The zero-order valence-corrected chi connectivity index (χ0v) is 15.9. The Labute approximate surface area is 156 Å². The van der Waals surface area contributed by atoms with Crippen molar-refractivity contribution in [1.82, 2.24) is 14.6 Å². The Morgan fingerprint density at radius 1 is 1.22 bits per heavy atom. The largest absolute Gasteiger partial charge is 0.444 e. The summed E-state index contributed by atoms with van der Waals surface area (Å²) in [5.41, 5.74) is 0.352. The first-order chi connectivity index (χ1) is 12.7. The van der Waals surface area contributed by atoms with Gasteiger partial charge in [0.25, 0.3) is 0 Å². The highest BCUT2D eigenvalue weighted by atomic mass is 19.1. The summed E-state index contributed by atoms with van der Waals surface area (Å²) in [7, 11) is 1.51. The molecule has 1 aromatic heterocycles. The average Bonchev–Trinajstić information content (AvgIpc) is 2.93. The molecule has 9 heteroatoms. The minimum Gasteiger partial charge on any atom is -0.444 e. The zero-order chi connectivity index (χ0) is 19.8. The van der Waals surface area contributed by atoms with Gasteiger partial charge >= 0.3 is 11.8 Å². The van der Waals surface area contributed by atoms with E-state index in [1.165, 1.54) is 17.7 Å². The van der Waals surface area contributed by atoms with E-state index in [0.717, 1.165) is 0 Å². The maximum Gasteiger partial charge on any atom is 0.441 e. The van der Waals surface area contributed by atoms with E-state index in [-0.39, 0.29) is 11.9 Å². The van der Waals surface area contributed by atoms with Crippen LogP contribution in [-0.2, 0) is 11.8 Å². The van der Waals surface area contributed by atoms with Crippen molar-refractivity contribution in [2.75, 3.05) is 31.1 Å². The minimum atomic E-state index is -0.604. The maximum atomic E-state index is 14.6. The molecule has 1 aliphatic rings. The second-order valence-electron chi connectivity index (χ2n) is 7.45. The van der Waals surface area contributed by atoms with E-state index in [1.807, 2.05) is 25.7 Å². The van der Waals surface area contributed by atoms with Crippen LogP contribution in [0.1, 0.15) is 20.8 Å². The Morgan fingerprint density at radius 3 is 2.41 bits per heavy atom. The molecule has 2 heterocycles. The Bertz CT molecular complexity index is 891. The van der Waals surface area contributed by atoms with Crippen molar-refractivity contribution >= 4 is 11.8 Å². The fraction of sp³-hybridized carbons (Fsp3) is 0.500. The monoisotopic (exact) mass is 378 g/mol. The number of carbonyl (C=O) groups is 1. The topological polar surface area (TPSA) is 80.8 Å². The minimum absolute atomic E-state index is 0.264. The van der Waals surface area contributed by atoms with Gasteiger partial charge in [-0.05, 0) is 39.0 Å². The summed E-state index contributed by atoms with van der Waals surface area (Å²) in [5, 5.41) is 3.66. The number of halogens is 1. The van der Waals surface area contributed by atoms with Gasteiger partial charge in [-0.3, -0.25) is 9.09 Å². The summed E-state index contributed by atoms with van der Waals surface area (Å²) in [6.07, 6.45) is -0.357. The average molecular weight is 378 g/mol. The molecule has 0 bridgehead atoms. The summed E-state index contributed by atoms with van der Waals surface area (Å²) in [5.74, 6) is -0.762. The summed E-state index contributed by atoms with van der Waals surface area (Å²) in [6.45, 7) is 7.37. The van der Waals surface area contributed by atoms with E-state index in [4.69, 9.17) is 4.74 Å². The smallest absolute Gasteiger partial charge is 0.441 e. The van der Waals surface area contributed by atoms with Crippen LogP contribution < -0.4 is 10.7 Å². The summed E-state index contributed by atoms with van der Waals surface area (Å²) in [6, 6.07) is 4.66. The number of amides is 1. The maximum absolute atomic E-state index is 14.6.